The van der Waals surface area contributed by atoms with Crippen molar-refractivity contribution in [1.29, 1.82) is 0 Å². The SMILES string of the molecule is CSc1nc(Nc2ccc(S(C)(=O)=O)cc2)c2c(=O)[nH]ccc2n1. The van der Waals surface area contributed by atoms with E-state index in [2.05, 4.69) is 20.3 Å². The van der Waals surface area contributed by atoms with E-state index in [-0.39, 0.29) is 10.5 Å². The molecule has 0 aliphatic heterocycles. The fourth-order valence-corrected chi connectivity index (χ4v) is 3.18. The third kappa shape index (κ3) is 3.26. The molecule has 2 heterocycles. The van der Waals surface area contributed by atoms with Crippen LogP contribution in [-0.2, 0) is 9.84 Å². The summed E-state index contributed by atoms with van der Waals surface area (Å²) in [6, 6.07) is 7.96. The first-order valence-electron chi connectivity index (χ1n) is 6.89. The van der Waals surface area contributed by atoms with E-state index in [4.69, 9.17) is 0 Å². The molecule has 7 nitrogen and oxygen atoms in total. The first-order valence-corrected chi connectivity index (χ1v) is 10.0. The minimum Gasteiger partial charge on any atom is -0.339 e. The summed E-state index contributed by atoms with van der Waals surface area (Å²) in [5.41, 5.74) is 0.862. The number of anilines is 2. The van der Waals surface area contributed by atoms with Crippen LogP contribution in [0.4, 0.5) is 11.5 Å². The van der Waals surface area contributed by atoms with Crippen LogP contribution in [0, 0.1) is 0 Å². The Morgan fingerprint density at radius 3 is 2.46 bits per heavy atom. The molecule has 0 spiro atoms. The molecule has 2 N–H and O–H groups in total. The number of sulfone groups is 1. The van der Waals surface area contributed by atoms with Crippen molar-refractivity contribution in [2.75, 3.05) is 17.8 Å². The van der Waals surface area contributed by atoms with E-state index in [0.29, 0.717) is 27.6 Å². The van der Waals surface area contributed by atoms with E-state index < -0.39 is 9.84 Å². The number of nitrogens with zero attached hydrogens (tertiary/aromatic N) is 2. The van der Waals surface area contributed by atoms with Gasteiger partial charge in [-0.25, -0.2) is 18.4 Å². The Bertz CT molecular complexity index is 1060. The quantitative estimate of drug-likeness (QED) is 0.541. The van der Waals surface area contributed by atoms with Gasteiger partial charge in [0.15, 0.2) is 15.0 Å². The first-order chi connectivity index (χ1) is 11.4. The van der Waals surface area contributed by atoms with Crippen molar-refractivity contribution < 1.29 is 8.42 Å². The second-order valence-corrected chi connectivity index (χ2v) is 7.84. The van der Waals surface area contributed by atoms with Gasteiger partial charge in [-0.15, -0.1) is 0 Å². The van der Waals surface area contributed by atoms with Crippen LogP contribution in [-0.4, -0.2) is 35.9 Å². The number of aromatic amines is 1. The zero-order valence-electron chi connectivity index (χ0n) is 12.9. The van der Waals surface area contributed by atoms with Crippen LogP contribution in [0.3, 0.4) is 0 Å². The van der Waals surface area contributed by atoms with Gasteiger partial charge in [0.05, 0.1) is 10.4 Å². The maximum absolute atomic E-state index is 12.1. The molecule has 3 aromatic rings. The highest BCUT2D eigenvalue weighted by molar-refractivity contribution is 7.98. The molecule has 0 atom stereocenters. The van der Waals surface area contributed by atoms with E-state index >= 15 is 0 Å². The average molecular weight is 362 g/mol. The maximum Gasteiger partial charge on any atom is 0.261 e. The zero-order valence-corrected chi connectivity index (χ0v) is 14.5. The lowest BCUT2D eigenvalue weighted by Gasteiger charge is -2.10. The van der Waals surface area contributed by atoms with Crippen LogP contribution in [0.2, 0.25) is 0 Å². The maximum atomic E-state index is 12.1. The molecule has 0 amide bonds. The highest BCUT2D eigenvalue weighted by atomic mass is 32.2. The van der Waals surface area contributed by atoms with Crippen molar-refractivity contribution >= 4 is 44.0 Å². The van der Waals surface area contributed by atoms with E-state index in [1.54, 1.807) is 18.2 Å². The van der Waals surface area contributed by atoms with Gasteiger partial charge in [0, 0.05) is 18.1 Å². The fourth-order valence-electron chi connectivity index (χ4n) is 2.17. The number of hydrogen-bond donors (Lipinski definition) is 2. The van der Waals surface area contributed by atoms with Gasteiger partial charge >= 0.3 is 0 Å². The van der Waals surface area contributed by atoms with Gasteiger partial charge < -0.3 is 10.3 Å². The molecule has 1 aromatic carbocycles. The largest absolute Gasteiger partial charge is 0.339 e. The van der Waals surface area contributed by atoms with Crippen LogP contribution < -0.4 is 10.9 Å². The van der Waals surface area contributed by atoms with Gasteiger partial charge in [0.1, 0.15) is 11.2 Å². The average Bonchev–Trinajstić information content (AvgIpc) is 2.54. The second-order valence-electron chi connectivity index (χ2n) is 5.05. The lowest BCUT2D eigenvalue weighted by molar-refractivity contribution is 0.602. The molecule has 0 fully saturated rings. The number of nitrogens with one attached hydrogen (secondary N) is 2. The highest BCUT2D eigenvalue weighted by Crippen LogP contribution is 2.24. The lowest BCUT2D eigenvalue weighted by Crippen LogP contribution is -2.10. The highest BCUT2D eigenvalue weighted by Gasteiger charge is 2.12. The van der Waals surface area contributed by atoms with Crippen LogP contribution in [0.25, 0.3) is 10.9 Å². The summed E-state index contributed by atoms with van der Waals surface area (Å²) in [5, 5.41) is 3.94. The summed E-state index contributed by atoms with van der Waals surface area (Å²) in [4.78, 5) is 23.6. The summed E-state index contributed by atoms with van der Waals surface area (Å²) in [7, 11) is -3.26. The summed E-state index contributed by atoms with van der Waals surface area (Å²) in [6.07, 6.45) is 4.53. The van der Waals surface area contributed by atoms with Crippen molar-refractivity contribution in [3.05, 3.63) is 46.9 Å². The van der Waals surface area contributed by atoms with Crippen LogP contribution >= 0.6 is 11.8 Å². The number of aromatic nitrogens is 3. The molecular formula is C15H14N4O3S2. The smallest absolute Gasteiger partial charge is 0.261 e. The molecule has 0 aliphatic carbocycles. The minimum atomic E-state index is -3.26. The van der Waals surface area contributed by atoms with E-state index in [1.807, 2.05) is 6.26 Å². The Morgan fingerprint density at radius 2 is 1.83 bits per heavy atom. The van der Waals surface area contributed by atoms with E-state index in [0.717, 1.165) is 6.26 Å². The molecule has 0 radical (unpaired) electrons. The number of H-pyrrole nitrogens is 1. The monoisotopic (exact) mass is 362 g/mol. The molecule has 3 rings (SSSR count). The Kier molecular flexibility index (Phi) is 4.29. The van der Waals surface area contributed by atoms with Crippen LogP contribution in [0.1, 0.15) is 0 Å². The third-order valence-electron chi connectivity index (χ3n) is 3.33. The summed E-state index contributed by atoms with van der Waals surface area (Å²) >= 11 is 1.37. The summed E-state index contributed by atoms with van der Waals surface area (Å²) in [5.74, 6) is 0.373. The molecule has 0 aliphatic rings. The minimum absolute atomic E-state index is 0.225. The Balaban J connectivity index is 2.08. The summed E-state index contributed by atoms with van der Waals surface area (Å²) in [6.45, 7) is 0. The topological polar surface area (TPSA) is 105 Å². The Hall–Kier alpha value is -2.39. The molecule has 2 aromatic heterocycles. The van der Waals surface area contributed by atoms with Gasteiger partial charge in [-0.3, -0.25) is 4.79 Å². The van der Waals surface area contributed by atoms with E-state index in [1.165, 1.54) is 30.1 Å². The first kappa shape index (κ1) is 16.5. The number of rotatable bonds is 4. The van der Waals surface area contributed by atoms with Crippen molar-refractivity contribution in [2.45, 2.75) is 10.1 Å². The van der Waals surface area contributed by atoms with Crippen molar-refractivity contribution in [1.82, 2.24) is 15.0 Å². The third-order valence-corrected chi connectivity index (χ3v) is 5.00. The van der Waals surface area contributed by atoms with Gasteiger partial charge in [-0.2, -0.15) is 0 Å². The molecule has 0 saturated heterocycles. The van der Waals surface area contributed by atoms with Crippen LogP contribution in [0.15, 0.2) is 51.4 Å². The fraction of sp³-hybridized carbons (Fsp3) is 0.133. The molecule has 0 saturated carbocycles. The standard InChI is InChI=1S/C15H14N4O3S2/c1-23-15-18-11-7-8-16-14(20)12(11)13(19-15)17-9-3-5-10(6-4-9)24(2,21)22/h3-8H,1-2H3,(H,16,20)(H,17,18,19). The number of fused-ring (bicyclic) bond motifs is 1. The number of thioether (sulfide) groups is 1. The van der Waals surface area contributed by atoms with Gasteiger partial charge in [0.2, 0.25) is 0 Å². The van der Waals surface area contributed by atoms with Crippen LogP contribution in [0.5, 0.6) is 0 Å². The summed E-state index contributed by atoms with van der Waals surface area (Å²) < 4.78 is 23.0. The van der Waals surface area contributed by atoms with Crippen molar-refractivity contribution in [2.24, 2.45) is 0 Å². The van der Waals surface area contributed by atoms with Gasteiger partial charge in [0.25, 0.3) is 5.56 Å². The lowest BCUT2D eigenvalue weighted by atomic mass is 10.2. The Labute approximate surface area is 142 Å². The molecule has 9 heteroatoms. The number of hydrogen-bond acceptors (Lipinski definition) is 7. The predicted molar refractivity (Wildman–Crippen MR) is 94.8 cm³/mol. The number of benzene rings is 1. The number of pyridine rings is 1. The van der Waals surface area contributed by atoms with Gasteiger partial charge in [-0.05, 0) is 36.6 Å². The molecule has 124 valence electrons. The zero-order chi connectivity index (χ0) is 17.3. The van der Waals surface area contributed by atoms with Crippen molar-refractivity contribution in [3.8, 4) is 0 Å². The van der Waals surface area contributed by atoms with E-state index in [9.17, 15) is 13.2 Å². The van der Waals surface area contributed by atoms with Crippen molar-refractivity contribution in [3.63, 3.8) is 0 Å². The molecule has 24 heavy (non-hydrogen) atoms. The molecule has 0 unspecified atom stereocenters. The normalized spacial score (nSPS) is 11.6. The van der Waals surface area contributed by atoms with Gasteiger partial charge in [-0.1, -0.05) is 11.8 Å². The molecular weight excluding hydrogens is 348 g/mol. The molecule has 0 bridgehead atoms. The predicted octanol–water partition coefficient (Wildman–Crippen LogP) is 2.19. The Morgan fingerprint density at radius 1 is 1.12 bits per heavy atom. The second kappa shape index (κ2) is 6.25.